The highest BCUT2D eigenvalue weighted by Crippen LogP contribution is 2.40. The topological polar surface area (TPSA) is 353 Å². The Labute approximate surface area is 551 Å². The van der Waals surface area contributed by atoms with Crippen LogP contribution >= 0.6 is 0 Å². The van der Waals surface area contributed by atoms with Gasteiger partial charge in [-0.2, -0.15) is 0 Å². The summed E-state index contributed by atoms with van der Waals surface area (Å²) < 4.78 is 82.6. The van der Waals surface area contributed by atoms with Crippen LogP contribution in [0, 0.1) is 0 Å². The van der Waals surface area contributed by atoms with Gasteiger partial charge in [0.25, 0.3) is 0 Å². The lowest BCUT2D eigenvalue weighted by molar-refractivity contribution is -0.400. The summed E-state index contributed by atoms with van der Waals surface area (Å²) in [7, 11) is 0. The minimum Gasteiger partial charge on any atom is -0.457 e. The minimum atomic E-state index is -2.01. The summed E-state index contributed by atoms with van der Waals surface area (Å²) in [4.78, 5) is 41.5. The number of hydrogen-bond acceptors (Lipinski definition) is 25. The molecule has 9 N–H and O–H groups in total. The molecule has 0 spiro atoms. The number of carbonyl (C=O) groups is 3. The summed E-state index contributed by atoms with van der Waals surface area (Å²) in [6, 6.07) is 0. The molecule has 6 aliphatic heterocycles. The fourth-order valence-electron chi connectivity index (χ4n) is 13.4. The van der Waals surface area contributed by atoms with Crippen LogP contribution in [0.5, 0.6) is 0 Å². The van der Waals surface area contributed by atoms with E-state index in [2.05, 4.69) is 20.8 Å². The molecule has 0 amide bonds. The molecule has 6 rings (SSSR count). The van der Waals surface area contributed by atoms with Gasteiger partial charge in [-0.3, -0.25) is 14.4 Å². The van der Waals surface area contributed by atoms with Crippen molar-refractivity contribution in [3.05, 3.63) is 0 Å². The molecule has 6 aliphatic rings. The average molecular weight is 1340 g/mol. The van der Waals surface area contributed by atoms with Crippen molar-refractivity contribution in [2.75, 3.05) is 6.61 Å². The minimum absolute atomic E-state index is 0.0352. The van der Waals surface area contributed by atoms with Crippen LogP contribution in [0.15, 0.2) is 0 Å². The van der Waals surface area contributed by atoms with Gasteiger partial charge in [-0.25, -0.2) is 0 Å². The Balaban J connectivity index is 1.32. The number of unbranched alkanes of at least 4 members (excludes halogenated alkanes) is 16. The molecule has 0 saturated carbocycles. The van der Waals surface area contributed by atoms with Crippen LogP contribution in [-0.4, -0.2) is 230 Å². The monoisotopic (exact) mass is 1340 g/mol. The van der Waals surface area contributed by atoms with Gasteiger partial charge in [0.15, 0.2) is 49.8 Å². The lowest BCUT2D eigenvalue weighted by Crippen LogP contribution is -2.68. The van der Waals surface area contributed by atoms with Gasteiger partial charge < -0.3 is 108 Å². The van der Waals surface area contributed by atoms with E-state index in [0.29, 0.717) is 38.5 Å². The zero-order chi connectivity index (χ0) is 67.6. The van der Waals surface area contributed by atoms with Crippen molar-refractivity contribution in [1.29, 1.82) is 0 Å². The van der Waals surface area contributed by atoms with Crippen molar-refractivity contribution in [3.8, 4) is 0 Å². The van der Waals surface area contributed by atoms with Crippen LogP contribution in [0.25, 0.3) is 0 Å². The molecule has 93 heavy (non-hydrogen) atoms. The highest BCUT2D eigenvalue weighted by atomic mass is 16.8. The fourth-order valence-corrected chi connectivity index (χ4v) is 13.4. The van der Waals surface area contributed by atoms with E-state index in [9.17, 15) is 60.3 Å². The number of ether oxygens (including phenoxy) is 13. The number of aliphatic hydroxyl groups excluding tert-OH is 9. The molecule has 6 fully saturated rings. The zero-order valence-electron chi connectivity index (χ0n) is 56.7. The number of esters is 3. The highest BCUT2D eigenvalue weighted by Gasteiger charge is 2.59. The number of fused-ring (bicyclic) bond motifs is 2. The first-order valence-electron chi connectivity index (χ1n) is 35.9. The van der Waals surface area contributed by atoms with E-state index in [1.54, 1.807) is 6.92 Å². The fraction of sp³-hybridized carbons (Fsp3) is 0.956. The summed E-state index contributed by atoms with van der Waals surface area (Å²) in [5, 5.41) is 103. The summed E-state index contributed by atoms with van der Waals surface area (Å²) in [5.74, 6) is -2.07. The van der Waals surface area contributed by atoms with Gasteiger partial charge in [-0.1, -0.05) is 168 Å². The maximum absolute atomic E-state index is 14.4. The van der Waals surface area contributed by atoms with Gasteiger partial charge in [-0.05, 0) is 59.8 Å². The molecular formula is C68H120O25. The van der Waals surface area contributed by atoms with E-state index >= 15 is 0 Å². The first-order valence-corrected chi connectivity index (χ1v) is 35.9. The molecule has 0 aliphatic carbocycles. The SMILES string of the molecule is CCCCCCCCCCCC(=O)OC1C(OC2C(C)OC3OC4C(OC(CCCCC)CCCCCCCCCC(=O)OC3C2O)OC(C)C(O)C4O)OC(C)C(OC2OC(C)C(OC(=O)CCCCCCCCC)C(O)C2O)C1OC1OC(CO)C(O)C(O)C1O. The van der Waals surface area contributed by atoms with Crippen molar-refractivity contribution in [2.24, 2.45) is 0 Å². The van der Waals surface area contributed by atoms with Crippen molar-refractivity contribution >= 4 is 17.9 Å². The van der Waals surface area contributed by atoms with Gasteiger partial charge >= 0.3 is 17.9 Å². The normalized spacial score (nSPS) is 39.4. The number of carbonyl (C=O) groups excluding carboxylic acids is 3. The van der Waals surface area contributed by atoms with Crippen molar-refractivity contribution < 1.29 is 122 Å². The third-order valence-corrected chi connectivity index (χ3v) is 19.2. The molecule has 0 radical (unpaired) electrons. The Morgan fingerprint density at radius 1 is 0.409 bits per heavy atom. The molecule has 6 saturated heterocycles. The standard InChI is InChI=1S/C68H120O25/c1-8-11-14-16-18-19-23-27-33-38-48(72)89-63-62(93-65-54(78)51(75)50(74)45(39-69)86-65)59(91-64-55(79)53(77)57(41(5)82-64)87-46(70)36-31-26-21-17-15-12-9-2)43(7)84-68(63)90-58-42(6)83-67-61(56(58)80)88-47(71)37-32-28-24-20-22-25-30-35-44(34-29-13-10-3)85-66-60(92-67)52(76)49(73)40(4)81-66/h40-45,49-69,73-80H,8-39H2,1-7H3. The Morgan fingerprint density at radius 3 is 1.49 bits per heavy atom. The predicted molar refractivity (Wildman–Crippen MR) is 335 cm³/mol. The second-order valence-corrected chi connectivity index (χ2v) is 27.0. The summed E-state index contributed by atoms with van der Waals surface area (Å²) in [6.07, 6.45) is -14.5. The number of aliphatic hydroxyl groups is 9. The smallest absolute Gasteiger partial charge is 0.306 e. The van der Waals surface area contributed by atoms with E-state index < -0.39 is 178 Å². The van der Waals surface area contributed by atoms with Crippen molar-refractivity contribution in [3.63, 3.8) is 0 Å². The van der Waals surface area contributed by atoms with Crippen LogP contribution < -0.4 is 0 Å². The number of rotatable bonds is 31. The lowest BCUT2D eigenvalue weighted by atomic mass is 9.95. The average Bonchev–Trinajstić information content (AvgIpc) is 0.902. The molecule has 25 heteroatoms. The molecule has 0 aromatic heterocycles. The second-order valence-electron chi connectivity index (χ2n) is 27.0. The molecule has 26 atom stereocenters. The first-order chi connectivity index (χ1) is 44.7. The highest BCUT2D eigenvalue weighted by molar-refractivity contribution is 5.70. The van der Waals surface area contributed by atoms with Gasteiger partial charge in [0, 0.05) is 19.3 Å². The van der Waals surface area contributed by atoms with Crippen molar-refractivity contribution in [2.45, 2.75) is 407 Å². The van der Waals surface area contributed by atoms with E-state index in [4.69, 9.17) is 61.6 Å². The van der Waals surface area contributed by atoms with E-state index in [1.807, 2.05) is 0 Å². The molecule has 6 heterocycles. The Bertz CT molecular complexity index is 2080. The summed E-state index contributed by atoms with van der Waals surface area (Å²) >= 11 is 0. The quantitative estimate of drug-likeness (QED) is 0.0206. The lowest BCUT2D eigenvalue weighted by Gasteiger charge is -2.51. The van der Waals surface area contributed by atoms with Gasteiger partial charge in [0.2, 0.25) is 0 Å². The third kappa shape index (κ3) is 24.2. The first kappa shape index (κ1) is 79.6. The Kier molecular flexibility index (Phi) is 35.9. The van der Waals surface area contributed by atoms with E-state index in [0.717, 1.165) is 141 Å². The third-order valence-electron chi connectivity index (χ3n) is 19.2. The predicted octanol–water partition coefficient (Wildman–Crippen LogP) is 6.40. The number of hydrogen-bond donors (Lipinski definition) is 9. The maximum atomic E-state index is 14.4. The Hall–Kier alpha value is -2.35. The largest absolute Gasteiger partial charge is 0.457 e. The summed E-state index contributed by atoms with van der Waals surface area (Å²) in [6.45, 7) is 11.7. The van der Waals surface area contributed by atoms with Crippen LogP contribution in [0.2, 0.25) is 0 Å². The molecule has 0 aromatic carbocycles. The van der Waals surface area contributed by atoms with E-state index in [-0.39, 0.29) is 25.4 Å². The van der Waals surface area contributed by atoms with E-state index in [1.165, 1.54) is 20.8 Å². The molecule has 542 valence electrons. The zero-order valence-corrected chi connectivity index (χ0v) is 56.7. The maximum Gasteiger partial charge on any atom is 0.306 e. The van der Waals surface area contributed by atoms with Crippen LogP contribution in [0.1, 0.15) is 248 Å². The Morgan fingerprint density at radius 2 is 0.882 bits per heavy atom. The van der Waals surface area contributed by atoms with Crippen LogP contribution in [0.3, 0.4) is 0 Å². The van der Waals surface area contributed by atoms with Crippen molar-refractivity contribution in [1.82, 2.24) is 0 Å². The second kappa shape index (κ2) is 41.9. The van der Waals surface area contributed by atoms with Gasteiger partial charge in [0.05, 0.1) is 37.1 Å². The van der Waals surface area contributed by atoms with Gasteiger partial charge in [-0.15, -0.1) is 0 Å². The summed E-state index contributed by atoms with van der Waals surface area (Å²) in [5.41, 5.74) is 0. The molecular weight excluding hydrogens is 1220 g/mol. The molecule has 0 bridgehead atoms. The molecule has 0 aromatic rings. The van der Waals surface area contributed by atoms with Crippen LogP contribution in [-0.2, 0) is 76.0 Å². The molecule has 25 nitrogen and oxygen atoms in total. The van der Waals surface area contributed by atoms with Crippen LogP contribution in [0.4, 0.5) is 0 Å². The van der Waals surface area contributed by atoms with Gasteiger partial charge in [0.1, 0.15) is 79.4 Å². The molecule has 26 unspecified atom stereocenters.